The molecule has 0 spiro atoms. The lowest BCUT2D eigenvalue weighted by Crippen LogP contribution is -2.14. The van der Waals surface area contributed by atoms with E-state index in [1.165, 1.54) is 16.8 Å². The Labute approximate surface area is 114 Å². The van der Waals surface area contributed by atoms with E-state index in [1.807, 2.05) is 29.1 Å². The number of ether oxygens (including phenoxy) is 1. The number of methoxy groups -OCH3 is 1. The van der Waals surface area contributed by atoms with Gasteiger partial charge in [-0.05, 0) is 19.9 Å². The van der Waals surface area contributed by atoms with Gasteiger partial charge in [0.05, 0.1) is 13.3 Å². The second kappa shape index (κ2) is 6.38. The molecule has 0 radical (unpaired) electrons. The molecule has 0 aliphatic rings. The lowest BCUT2D eigenvalue weighted by atomic mass is 10.2. The molecule has 0 fully saturated rings. The number of aryl methyl sites for hydroxylation is 1. The Bertz CT molecular complexity index is 534. The van der Waals surface area contributed by atoms with Crippen LogP contribution in [0, 0.1) is 6.92 Å². The van der Waals surface area contributed by atoms with Crippen LogP contribution in [0.15, 0.2) is 30.5 Å². The van der Waals surface area contributed by atoms with E-state index in [4.69, 9.17) is 4.74 Å². The summed E-state index contributed by atoms with van der Waals surface area (Å²) in [5, 5.41) is 7.78. The zero-order valence-corrected chi connectivity index (χ0v) is 11.8. The molecule has 19 heavy (non-hydrogen) atoms. The molecule has 2 aromatic rings. The van der Waals surface area contributed by atoms with Crippen molar-refractivity contribution in [3.8, 4) is 5.75 Å². The standard InChI is InChI=1S/C15H21N3O/c1-4-18-12(2)14(11-17-18)10-16-9-13-7-5-6-8-15(13)19-3/h5-8,11,16H,4,9-10H2,1-3H3. The van der Waals surface area contributed by atoms with Crippen molar-refractivity contribution in [1.82, 2.24) is 15.1 Å². The van der Waals surface area contributed by atoms with Crippen molar-refractivity contribution in [3.63, 3.8) is 0 Å². The summed E-state index contributed by atoms with van der Waals surface area (Å²) in [6.07, 6.45) is 1.94. The topological polar surface area (TPSA) is 39.1 Å². The Kier molecular flexibility index (Phi) is 4.58. The van der Waals surface area contributed by atoms with Crippen LogP contribution in [0.4, 0.5) is 0 Å². The molecule has 1 aromatic heterocycles. The number of nitrogens with one attached hydrogen (secondary N) is 1. The van der Waals surface area contributed by atoms with Gasteiger partial charge in [-0.3, -0.25) is 4.68 Å². The van der Waals surface area contributed by atoms with Crippen LogP contribution in [-0.2, 0) is 19.6 Å². The van der Waals surface area contributed by atoms with Crippen molar-refractivity contribution in [2.45, 2.75) is 33.5 Å². The van der Waals surface area contributed by atoms with Crippen LogP contribution in [0.2, 0.25) is 0 Å². The van der Waals surface area contributed by atoms with Crippen molar-refractivity contribution in [1.29, 1.82) is 0 Å². The fraction of sp³-hybridized carbons (Fsp3) is 0.400. The van der Waals surface area contributed by atoms with Crippen molar-refractivity contribution < 1.29 is 4.74 Å². The molecule has 4 nitrogen and oxygen atoms in total. The van der Waals surface area contributed by atoms with E-state index in [0.717, 1.165) is 25.4 Å². The largest absolute Gasteiger partial charge is 0.496 e. The van der Waals surface area contributed by atoms with Crippen LogP contribution in [0.3, 0.4) is 0 Å². The first-order valence-corrected chi connectivity index (χ1v) is 6.60. The van der Waals surface area contributed by atoms with Gasteiger partial charge in [0.1, 0.15) is 5.75 Å². The molecule has 0 saturated carbocycles. The Hall–Kier alpha value is -1.81. The van der Waals surface area contributed by atoms with Gasteiger partial charge in [-0.25, -0.2) is 0 Å². The zero-order chi connectivity index (χ0) is 13.7. The fourth-order valence-electron chi connectivity index (χ4n) is 2.16. The molecule has 1 heterocycles. The number of aromatic nitrogens is 2. The Morgan fingerprint density at radius 2 is 1.95 bits per heavy atom. The SMILES string of the molecule is CCn1ncc(CNCc2ccccc2OC)c1C. The Morgan fingerprint density at radius 3 is 2.63 bits per heavy atom. The maximum absolute atomic E-state index is 5.34. The third-order valence-corrected chi connectivity index (χ3v) is 3.33. The molecular formula is C15H21N3O. The van der Waals surface area contributed by atoms with E-state index in [1.54, 1.807) is 7.11 Å². The highest BCUT2D eigenvalue weighted by atomic mass is 16.5. The minimum Gasteiger partial charge on any atom is -0.496 e. The zero-order valence-electron chi connectivity index (χ0n) is 11.8. The molecule has 0 bridgehead atoms. The highest BCUT2D eigenvalue weighted by Crippen LogP contribution is 2.17. The molecule has 1 aromatic carbocycles. The van der Waals surface area contributed by atoms with Crippen LogP contribution in [0.1, 0.15) is 23.7 Å². The summed E-state index contributed by atoms with van der Waals surface area (Å²) in [5.74, 6) is 0.927. The number of benzene rings is 1. The predicted octanol–water partition coefficient (Wildman–Crippen LogP) is 2.51. The second-order valence-electron chi connectivity index (χ2n) is 4.49. The third-order valence-electron chi connectivity index (χ3n) is 3.33. The lowest BCUT2D eigenvalue weighted by Gasteiger charge is -2.09. The molecule has 0 atom stereocenters. The minimum atomic E-state index is 0.792. The fourth-order valence-corrected chi connectivity index (χ4v) is 2.16. The average Bonchev–Trinajstić information content (AvgIpc) is 2.80. The van der Waals surface area contributed by atoms with Crippen LogP contribution in [0.5, 0.6) is 5.75 Å². The molecule has 0 aliphatic heterocycles. The molecule has 2 rings (SSSR count). The lowest BCUT2D eigenvalue weighted by molar-refractivity contribution is 0.407. The maximum atomic E-state index is 5.34. The van der Waals surface area contributed by atoms with Gasteiger partial charge >= 0.3 is 0 Å². The van der Waals surface area contributed by atoms with Gasteiger partial charge < -0.3 is 10.1 Å². The van der Waals surface area contributed by atoms with Gasteiger partial charge in [0.2, 0.25) is 0 Å². The molecule has 0 saturated heterocycles. The van der Waals surface area contributed by atoms with Crippen LogP contribution >= 0.6 is 0 Å². The predicted molar refractivity (Wildman–Crippen MR) is 76.2 cm³/mol. The second-order valence-corrected chi connectivity index (χ2v) is 4.49. The first kappa shape index (κ1) is 13.6. The number of nitrogens with zero attached hydrogens (tertiary/aromatic N) is 2. The summed E-state index contributed by atoms with van der Waals surface area (Å²) >= 11 is 0. The van der Waals surface area contributed by atoms with Gasteiger partial charge in [-0.2, -0.15) is 5.10 Å². The van der Waals surface area contributed by atoms with Gasteiger partial charge in [0.15, 0.2) is 0 Å². The summed E-state index contributed by atoms with van der Waals surface area (Å²) in [4.78, 5) is 0. The van der Waals surface area contributed by atoms with Crippen molar-refractivity contribution >= 4 is 0 Å². The quantitative estimate of drug-likeness (QED) is 0.866. The first-order chi connectivity index (χ1) is 9.26. The van der Waals surface area contributed by atoms with Crippen LogP contribution < -0.4 is 10.1 Å². The monoisotopic (exact) mass is 259 g/mol. The van der Waals surface area contributed by atoms with E-state index >= 15 is 0 Å². The van der Waals surface area contributed by atoms with Gasteiger partial charge in [-0.1, -0.05) is 18.2 Å². The van der Waals surface area contributed by atoms with Crippen LogP contribution in [0.25, 0.3) is 0 Å². The molecule has 0 aliphatic carbocycles. The third kappa shape index (κ3) is 3.15. The molecule has 0 amide bonds. The molecular weight excluding hydrogens is 238 g/mol. The highest BCUT2D eigenvalue weighted by Gasteiger charge is 2.05. The highest BCUT2D eigenvalue weighted by molar-refractivity contribution is 5.33. The summed E-state index contributed by atoms with van der Waals surface area (Å²) in [6.45, 7) is 6.74. The molecule has 102 valence electrons. The first-order valence-electron chi connectivity index (χ1n) is 6.60. The van der Waals surface area contributed by atoms with Crippen molar-refractivity contribution in [2.75, 3.05) is 7.11 Å². The molecule has 4 heteroatoms. The minimum absolute atomic E-state index is 0.792. The number of hydrogen-bond donors (Lipinski definition) is 1. The van der Waals surface area contributed by atoms with Crippen LogP contribution in [-0.4, -0.2) is 16.9 Å². The number of para-hydroxylation sites is 1. The van der Waals surface area contributed by atoms with E-state index in [0.29, 0.717) is 0 Å². The normalized spacial score (nSPS) is 10.7. The van der Waals surface area contributed by atoms with E-state index in [-0.39, 0.29) is 0 Å². The van der Waals surface area contributed by atoms with E-state index in [2.05, 4.69) is 30.3 Å². The number of hydrogen-bond acceptors (Lipinski definition) is 3. The summed E-state index contributed by atoms with van der Waals surface area (Å²) in [7, 11) is 1.70. The van der Waals surface area contributed by atoms with Crippen molar-refractivity contribution in [2.24, 2.45) is 0 Å². The molecule has 0 unspecified atom stereocenters. The van der Waals surface area contributed by atoms with Gasteiger partial charge in [0.25, 0.3) is 0 Å². The van der Waals surface area contributed by atoms with E-state index < -0.39 is 0 Å². The summed E-state index contributed by atoms with van der Waals surface area (Å²) < 4.78 is 7.35. The maximum Gasteiger partial charge on any atom is 0.123 e. The Balaban J connectivity index is 1.94. The van der Waals surface area contributed by atoms with Gasteiger partial charge in [-0.15, -0.1) is 0 Å². The average molecular weight is 259 g/mol. The Morgan fingerprint density at radius 1 is 1.21 bits per heavy atom. The smallest absolute Gasteiger partial charge is 0.123 e. The summed E-state index contributed by atoms with van der Waals surface area (Å²) in [5.41, 5.74) is 3.65. The van der Waals surface area contributed by atoms with Crippen molar-refractivity contribution in [3.05, 3.63) is 47.3 Å². The van der Waals surface area contributed by atoms with E-state index in [9.17, 15) is 0 Å². The molecule has 1 N–H and O–H groups in total. The summed E-state index contributed by atoms with van der Waals surface area (Å²) in [6, 6.07) is 8.07. The van der Waals surface area contributed by atoms with Gasteiger partial charge in [0, 0.05) is 36.5 Å². The number of rotatable bonds is 6.